The summed E-state index contributed by atoms with van der Waals surface area (Å²) in [7, 11) is -3.21. The molecule has 1 heterocycles. The fourth-order valence-corrected chi connectivity index (χ4v) is 4.04. The molecule has 0 amide bonds. The van der Waals surface area contributed by atoms with Crippen molar-refractivity contribution in [3.63, 3.8) is 0 Å². The summed E-state index contributed by atoms with van der Waals surface area (Å²) in [5, 5.41) is -0.249. The van der Waals surface area contributed by atoms with Crippen LogP contribution in [-0.4, -0.2) is 37.7 Å². The number of nitrogens with one attached hydrogen (secondary N) is 1. The summed E-state index contributed by atoms with van der Waals surface area (Å²) in [5.74, 6) is 0. The number of piperidine rings is 1. The molecule has 0 spiro atoms. The predicted octanol–water partition coefficient (Wildman–Crippen LogP) is 1.98. The maximum Gasteiger partial charge on any atom is 0.214 e. The highest BCUT2D eigenvalue weighted by Crippen LogP contribution is 2.19. The van der Waals surface area contributed by atoms with E-state index < -0.39 is 10.0 Å². The second kappa shape index (κ2) is 6.70. The Morgan fingerprint density at radius 1 is 1.20 bits per heavy atom. The van der Waals surface area contributed by atoms with Gasteiger partial charge in [0.05, 0.1) is 5.25 Å². The van der Waals surface area contributed by atoms with Crippen molar-refractivity contribution in [1.82, 2.24) is 9.62 Å². The van der Waals surface area contributed by atoms with Crippen LogP contribution >= 0.6 is 0 Å². The van der Waals surface area contributed by atoms with E-state index in [0.29, 0.717) is 12.6 Å². The highest BCUT2D eigenvalue weighted by atomic mass is 32.2. The van der Waals surface area contributed by atoms with Crippen molar-refractivity contribution in [3.8, 4) is 0 Å². The van der Waals surface area contributed by atoms with E-state index in [9.17, 15) is 8.42 Å². The molecule has 1 fully saturated rings. The molecule has 112 valence electrons. The van der Waals surface area contributed by atoms with Crippen LogP contribution in [0, 0.1) is 0 Å². The summed E-state index contributed by atoms with van der Waals surface area (Å²) in [5.41, 5.74) is 0.996. The number of hydrogen-bond acceptors (Lipinski definition) is 3. The second-order valence-corrected chi connectivity index (χ2v) is 7.73. The minimum atomic E-state index is -3.21. The molecular weight excluding hydrogens is 272 g/mol. The molecular formula is C15H24N2O2S. The maximum atomic E-state index is 12.3. The first-order valence-electron chi connectivity index (χ1n) is 7.25. The SMILES string of the molecule is CC(C)N1CCC(S(=O)(=O)NCc2ccccc2)CC1. The number of rotatable bonds is 5. The Labute approximate surface area is 122 Å². The van der Waals surface area contributed by atoms with E-state index in [-0.39, 0.29) is 5.25 Å². The summed E-state index contributed by atoms with van der Waals surface area (Å²) >= 11 is 0. The van der Waals surface area contributed by atoms with E-state index in [1.807, 2.05) is 30.3 Å². The van der Waals surface area contributed by atoms with Crippen molar-refractivity contribution in [3.05, 3.63) is 35.9 Å². The summed E-state index contributed by atoms with van der Waals surface area (Å²) in [6.45, 7) is 6.43. The molecule has 0 bridgehead atoms. The molecule has 1 saturated heterocycles. The smallest absolute Gasteiger partial charge is 0.214 e. The van der Waals surface area contributed by atoms with Crippen LogP contribution in [0.1, 0.15) is 32.3 Å². The van der Waals surface area contributed by atoms with Crippen molar-refractivity contribution >= 4 is 10.0 Å². The number of benzene rings is 1. The van der Waals surface area contributed by atoms with Gasteiger partial charge in [0.1, 0.15) is 0 Å². The van der Waals surface area contributed by atoms with Crippen molar-refractivity contribution < 1.29 is 8.42 Å². The van der Waals surface area contributed by atoms with Gasteiger partial charge in [-0.25, -0.2) is 13.1 Å². The third-order valence-corrected chi connectivity index (χ3v) is 5.86. The lowest BCUT2D eigenvalue weighted by Gasteiger charge is -2.34. The number of sulfonamides is 1. The van der Waals surface area contributed by atoms with E-state index in [0.717, 1.165) is 31.5 Å². The highest BCUT2D eigenvalue weighted by Gasteiger charge is 2.30. The van der Waals surface area contributed by atoms with Crippen LogP contribution in [-0.2, 0) is 16.6 Å². The zero-order valence-electron chi connectivity index (χ0n) is 12.2. The first-order valence-corrected chi connectivity index (χ1v) is 8.80. The average Bonchev–Trinajstić information content (AvgIpc) is 2.46. The summed E-state index contributed by atoms with van der Waals surface area (Å²) in [4.78, 5) is 2.34. The summed E-state index contributed by atoms with van der Waals surface area (Å²) in [6.07, 6.45) is 1.45. The molecule has 0 unspecified atom stereocenters. The van der Waals surface area contributed by atoms with E-state index in [1.54, 1.807) is 0 Å². The average molecular weight is 296 g/mol. The van der Waals surface area contributed by atoms with E-state index in [2.05, 4.69) is 23.5 Å². The van der Waals surface area contributed by atoms with Gasteiger partial charge in [-0.2, -0.15) is 0 Å². The Kier molecular flexibility index (Phi) is 5.18. The molecule has 4 nitrogen and oxygen atoms in total. The molecule has 1 aromatic rings. The molecule has 1 N–H and O–H groups in total. The van der Waals surface area contributed by atoms with Crippen LogP contribution in [0.2, 0.25) is 0 Å². The highest BCUT2D eigenvalue weighted by molar-refractivity contribution is 7.90. The van der Waals surface area contributed by atoms with Gasteiger partial charge in [0, 0.05) is 12.6 Å². The Bertz CT molecular complexity index is 506. The van der Waals surface area contributed by atoms with Gasteiger partial charge in [-0.05, 0) is 45.3 Å². The number of likely N-dealkylation sites (tertiary alicyclic amines) is 1. The molecule has 1 aliphatic heterocycles. The van der Waals surface area contributed by atoms with Gasteiger partial charge in [0.25, 0.3) is 0 Å². The molecule has 5 heteroatoms. The maximum absolute atomic E-state index is 12.3. The van der Waals surface area contributed by atoms with Crippen LogP contribution in [0.4, 0.5) is 0 Å². The molecule has 20 heavy (non-hydrogen) atoms. The largest absolute Gasteiger partial charge is 0.301 e. The zero-order chi connectivity index (χ0) is 14.6. The predicted molar refractivity (Wildman–Crippen MR) is 81.9 cm³/mol. The summed E-state index contributed by atoms with van der Waals surface area (Å²) < 4.78 is 27.4. The van der Waals surface area contributed by atoms with E-state index >= 15 is 0 Å². The van der Waals surface area contributed by atoms with Gasteiger partial charge in [0.15, 0.2) is 0 Å². The van der Waals surface area contributed by atoms with Crippen molar-refractivity contribution in [2.45, 2.75) is 44.5 Å². The second-order valence-electron chi connectivity index (χ2n) is 5.68. The van der Waals surface area contributed by atoms with Crippen LogP contribution in [0.5, 0.6) is 0 Å². The fraction of sp³-hybridized carbons (Fsp3) is 0.600. The monoisotopic (exact) mass is 296 g/mol. The third-order valence-electron chi connectivity index (χ3n) is 3.97. The normalized spacial score (nSPS) is 18.6. The first-order chi connectivity index (χ1) is 9.49. The minimum absolute atomic E-state index is 0.249. The van der Waals surface area contributed by atoms with Crippen LogP contribution < -0.4 is 4.72 Å². The van der Waals surface area contributed by atoms with Crippen LogP contribution in [0.25, 0.3) is 0 Å². The topological polar surface area (TPSA) is 49.4 Å². The van der Waals surface area contributed by atoms with Gasteiger partial charge in [-0.3, -0.25) is 0 Å². The van der Waals surface area contributed by atoms with Gasteiger partial charge in [-0.15, -0.1) is 0 Å². The van der Waals surface area contributed by atoms with Gasteiger partial charge in [0.2, 0.25) is 10.0 Å². The molecule has 1 aromatic carbocycles. The number of nitrogens with zero attached hydrogens (tertiary/aromatic N) is 1. The summed E-state index contributed by atoms with van der Waals surface area (Å²) in [6, 6.07) is 10.1. The Morgan fingerprint density at radius 3 is 2.35 bits per heavy atom. The molecule has 2 rings (SSSR count). The number of hydrogen-bond donors (Lipinski definition) is 1. The van der Waals surface area contributed by atoms with Crippen LogP contribution in [0.15, 0.2) is 30.3 Å². The zero-order valence-corrected chi connectivity index (χ0v) is 13.1. The van der Waals surface area contributed by atoms with Crippen LogP contribution in [0.3, 0.4) is 0 Å². The molecule has 1 aliphatic rings. The third kappa shape index (κ3) is 4.04. The van der Waals surface area contributed by atoms with Gasteiger partial charge in [-0.1, -0.05) is 30.3 Å². The molecule has 0 atom stereocenters. The lowest BCUT2D eigenvalue weighted by molar-refractivity contribution is 0.186. The van der Waals surface area contributed by atoms with E-state index in [1.165, 1.54) is 0 Å². The lowest BCUT2D eigenvalue weighted by atomic mass is 10.1. The quantitative estimate of drug-likeness (QED) is 0.904. The van der Waals surface area contributed by atoms with Crippen molar-refractivity contribution in [2.75, 3.05) is 13.1 Å². The fourth-order valence-electron chi connectivity index (χ4n) is 2.60. The van der Waals surface area contributed by atoms with E-state index in [4.69, 9.17) is 0 Å². The van der Waals surface area contributed by atoms with Gasteiger partial charge >= 0.3 is 0 Å². The Balaban J connectivity index is 1.88. The lowest BCUT2D eigenvalue weighted by Crippen LogP contribution is -2.45. The minimum Gasteiger partial charge on any atom is -0.301 e. The van der Waals surface area contributed by atoms with Gasteiger partial charge < -0.3 is 4.90 Å². The molecule has 0 aromatic heterocycles. The van der Waals surface area contributed by atoms with Crippen molar-refractivity contribution in [1.29, 1.82) is 0 Å². The standard InChI is InChI=1S/C15H24N2O2S/c1-13(2)17-10-8-15(9-11-17)20(18,19)16-12-14-6-4-3-5-7-14/h3-7,13,15-16H,8-12H2,1-2H3. The molecule has 0 saturated carbocycles. The Hall–Kier alpha value is -0.910. The Morgan fingerprint density at radius 2 is 1.80 bits per heavy atom. The molecule has 0 radical (unpaired) electrons. The molecule has 0 aliphatic carbocycles. The first kappa shape index (κ1) is 15.5. The van der Waals surface area contributed by atoms with Crippen molar-refractivity contribution in [2.24, 2.45) is 0 Å².